The average molecular weight is 263 g/mol. The molecule has 0 radical (unpaired) electrons. The zero-order valence-electron chi connectivity index (χ0n) is 10.7. The van der Waals surface area contributed by atoms with E-state index in [1.807, 2.05) is 0 Å². The Bertz CT molecular complexity index is 554. The summed E-state index contributed by atoms with van der Waals surface area (Å²) in [4.78, 5) is 4.22. The standard InChI is InChI=1S/C13H17N3O3/c1-2-3-9(14)7-12-15-13(16-19-12)8-4-5-10(17)11(18)6-8/h4-6,9,17-18H,2-3,7,14H2,1H3. The molecule has 6 nitrogen and oxygen atoms in total. The van der Waals surface area contributed by atoms with Crippen LogP contribution >= 0.6 is 0 Å². The monoisotopic (exact) mass is 263 g/mol. The highest BCUT2D eigenvalue weighted by Crippen LogP contribution is 2.29. The van der Waals surface area contributed by atoms with Gasteiger partial charge in [-0.15, -0.1) is 0 Å². The molecule has 19 heavy (non-hydrogen) atoms. The number of aromatic hydroxyl groups is 2. The molecule has 4 N–H and O–H groups in total. The Morgan fingerprint density at radius 2 is 2.11 bits per heavy atom. The fourth-order valence-corrected chi connectivity index (χ4v) is 1.81. The largest absolute Gasteiger partial charge is 0.504 e. The maximum atomic E-state index is 9.43. The molecule has 0 amide bonds. The van der Waals surface area contributed by atoms with Crippen LogP contribution in [0.4, 0.5) is 0 Å². The molecule has 0 saturated carbocycles. The van der Waals surface area contributed by atoms with Gasteiger partial charge in [0.25, 0.3) is 0 Å². The van der Waals surface area contributed by atoms with Gasteiger partial charge in [-0.1, -0.05) is 18.5 Å². The van der Waals surface area contributed by atoms with E-state index in [0.29, 0.717) is 23.7 Å². The maximum absolute atomic E-state index is 9.43. The van der Waals surface area contributed by atoms with Crippen LogP contribution in [0.2, 0.25) is 0 Å². The van der Waals surface area contributed by atoms with Gasteiger partial charge >= 0.3 is 0 Å². The van der Waals surface area contributed by atoms with Gasteiger partial charge in [0, 0.05) is 18.0 Å². The fraction of sp³-hybridized carbons (Fsp3) is 0.385. The molecule has 0 aliphatic heterocycles. The van der Waals surface area contributed by atoms with Crippen molar-refractivity contribution in [2.45, 2.75) is 32.2 Å². The Morgan fingerprint density at radius 3 is 2.79 bits per heavy atom. The number of nitrogens with zero attached hydrogens (tertiary/aromatic N) is 2. The highest BCUT2D eigenvalue weighted by Gasteiger charge is 2.13. The van der Waals surface area contributed by atoms with E-state index in [4.69, 9.17) is 10.3 Å². The van der Waals surface area contributed by atoms with Crippen LogP contribution in [0.1, 0.15) is 25.7 Å². The second kappa shape index (κ2) is 5.71. The number of hydrogen-bond donors (Lipinski definition) is 3. The van der Waals surface area contributed by atoms with Crippen molar-refractivity contribution in [2.75, 3.05) is 0 Å². The van der Waals surface area contributed by atoms with Crippen LogP contribution in [0.5, 0.6) is 11.5 Å². The lowest BCUT2D eigenvalue weighted by Gasteiger charge is -2.05. The summed E-state index contributed by atoms with van der Waals surface area (Å²) in [7, 11) is 0. The molecule has 0 fully saturated rings. The number of phenols is 2. The van der Waals surface area contributed by atoms with Gasteiger partial charge in [-0.2, -0.15) is 4.98 Å². The number of hydrogen-bond acceptors (Lipinski definition) is 6. The summed E-state index contributed by atoms with van der Waals surface area (Å²) < 4.78 is 5.12. The van der Waals surface area contributed by atoms with E-state index in [-0.39, 0.29) is 17.5 Å². The molecule has 1 unspecified atom stereocenters. The minimum absolute atomic E-state index is 0.00604. The molecule has 102 valence electrons. The topological polar surface area (TPSA) is 105 Å². The minimum Gasteiger partial charge on any atom is -0.504 e. The predicted molar refractivity (Wildman–Crippen MR) is 69.7 cm³/mol. The number of benzene rings is 1. The summed E-state index contributed by atoms with van der Waals surface area (Å²) in [6.07, 6.45) is 2.44. The van der Waals surface area contributed by atoms with Crippen LogP contribution in [0, 0.1) is 0 Å². The summed E-state index contributed by atoms with van der Waals surface area (Å²) in [5.41, 5.74) is 6.49. The van der Waals surface area contributed by atoms with Crippen LogP contribution < -0.4 is 5.73 Å². The first-order chi connectivity index (χ1) is 9.10. The molecule has 0 aliphatic rings. The third kappa shape index (κ3) is 3.23. The lowest BCUT2D eigenvalue weighted by molar-refractivity contribution is 0.366. The summed E-state index contributed by atoms with van der Waals surface area (Å²) in [6, 6.07) is 4.38. The second-order valence-corrected chi connectivity index (χ2v) is 4.47. The Hall–Kier alpha value is -2.08. The molecule has 1 aromatic heterocycles. The van der Waals surface area contributed by atoms with Crippen LogP contribution in [0.3, 0.4) is 0 Å². The van der Waals surface area contributed by atoms with E-state index in [0.717, 1.165) is 12.8 Å². The SMILES string of the molecule is CCCC(N)Cc1nc(-c2ccc(O)c(O)c2)no1. The zero-order chi connectivity index (χ0) is 13.8. The van der Waals surface area contributed by atoms with E-state index < -0.39 is 0 Å². The number of nitrogens with two attached hydrogens (primary N) is 1. The first-order valence-electron chi connectivity index (χ1n) is 6.20. The molecule has 0 bridgehead atoms. The van der Waals surface area contributed by atoms with E-state index in [1.165, 1.54) is 12.1 Å². The van der Waals surface area contributed by atoms with Crippen molar-refractivity contribution in [1.82, 2.24) is 10.1 Å². The predicted octanol–water partition coefficient (Wildman–Crippen LogP) is 1.82. The number of phenolic OH excluding ortho intramolecular Hbond substituents is 2. The zero-order valence-corrected chi connectivity index (χ0v) is 10.7. The molecule has 1 aromatic carbocycles. The van der Waals surface area contributed by atoms with Gasteiger partial charge < -0.3 is 20.5 Å². The Balaban J connectivity index is 2.14. The van der Waals surface area contributed by atoms with E-state index >= 15 is 0 Å². The lowest BCUT2D eigenvalue weighted by Crippen LogP contribution is -2.22. The summed E-state index contributed by atoms with van der Waals surface area (Å²) in [5, 5.41) is 22.5. The normalized spacial score (nSPS) is 12.5. The van der Waals surface area contributed by atoms with Gasteiger partial charge in [0.05, 0.1) is 0 Å². The molecule has 0 saturated heterocycles. The van der Waals surface area contributed by atoms with E-state index in [9.17, 15) is 10.2 Å². The van der Waals surface area contributed by atoms with Crippen molar-refractivity contribution in [3.63, 3.8) is 0 Å². The highest BCUT2D eigenvalue weighted by atomic mass is 16.5. The lowest BCUT2D eigenvalue weighted by atomic mass is 10.1. The van der Waals surface area contributed by atoms with Crippen molar-refractivity contribution in [3.8, 4) is 22.9 Å². The van der Waals surface area contributed by atoms with Gasteiger partial charge in [-0.25, -0.2) is 0 Å². The Labute approximate surface area is 110 Å². The first kappa shape index (κ1) is 13.4. The third-order valence-corrected chi connectivity index (χ3v) is 2.80. The Kier molecular flexibility index (Phi) is 4.01. The smallest absolute Gasteiger partial charge is 0.228 e. The Morgan fingerprint density at radius 1 is 1.32 bits per heavy atom. The van der Waals surface area contributed by atoms with Gasteiger partial charge in [-0.05, 0) is 24.6 Å². The van der Waals surface area contributed by atoms with E-state index in [1.54, 1.807) is 6.07 Å². The molecule has 0 aliphatic carbocycles. The van der Waals surface area contributed by atoms with Gasteiger partial charge in [0.1, 0.15) is 0 Å². The maximum Gasteiger partial charge on any atom is 0.228 e. The highest BCUT2D eigenvalue weighted by molar-refractivity contribution is 5.59. The van der Waals surface area contributed by atoms with Crippen molar-refractivity contribution >= 4 is 0 Å². The molecular formula is C13H17N3O3. The van der Waals surface area contributed by atoms with Crippen molar-refractivity contribution < 1.29 is 14.7 Å². The van der Waals surface area contributed by atoms with Gasteiger partial charge in [-0.3, -0.25) is 0 Å². The molecule has 6 heteroatoms. The van der Waals surface area contributed by atoms with Crippen molar-refractivity contribution in [2.24, 2.45) is 5.73 Å². The number of rotatable bonds is 5. The van der Waals surface area contributed by atoms with Gasteiger partial charge in [0.15, 0.2) is 11.5 Å². The van der Waals surface area contributed by atoms with Crippen LogP contribution in [-0.4, -0.2) is 26.4 Å². The minimum atomic E-state index is -0.216. The molecule has 1 heterocycles. The quantitative estimate of drug-likeness (QED) is 0.710. The van der Waals surface area contributed by atoms with Crippen LogP contribution in [0.25, 0.3) is 11.4 Å². The van der Waals surface area contributed by atoms with Crippen LogP contribution in [0.15, 0.2) is 22.7 Å². The molecule has 1 atom stereocenters. The van der Waals surface area contributed by atoms with Crippen molar-refractivity contribution in [3.05, 3.63) is 24.1 Å². The molecule has 0 spiro atoms. The average Bonchev–Trinajstić information content (AvgIpc) is 2.81. The number of aromatic nitrogens is 2. The fourth-order valence-electron chi connectivity index (χ4n) is 1.81. The van der Waals surface area contributed by atoms with Crippen LogP contribution in [-0.2, 0) is 6.42 Å². The first-order valence-corrected chi connectivity index (χ1v) is 6.20. The van der Waals surface area contributed by atoms with Gasteiger partial charge in [0.2, 0.25) is 11.7 Å². The molecule has 2 rings (SSSR count). The van der Waals surface area contributed by atoms with Crippen molar-refractivity contribution in [1.29, 1.82) is 0 Å². The summed E-state index contributed by atoms with van der Waals surface area (Å²) >= 11 is 0. The second-order valence-electron chi connectivity index (χ2n) is 4.47. The van der Waals surface area contributed by atoms with E-state index in [2.05, 4.69) is 17.1 Å². The third-order valence-electron chi connectivity index (χ3n) is 2.80. The summed E-state index contributed by atoms with van der Waals surface area (Å²) in [5.74, 6) is 0.446. The molecule has 2 aromatic rings. The molecular weight excluding hydrogens is 246 g/mol. The summed E-state index contributed by atoms with van der Waals surface area (Å²) in [6.45, 7) is 2.07.